The molecule has 0 aliphatic carbocycles. The van der Waals surface area contributed by atoms with Gasteiger partial charge >= 0.3 is 0 Å². The van der Waals surface area contributed by atoms with Gasteiger partial charge in [0, 0.05) is 12.1 Å². The van der Waals surface area contributed by atoms with Crippen molar-refractivity contribution in [1.29, 1.82) is 0 Å². The predicted octanol–water partition coefficient (Wildman–Crippen LogP) is 2.71. The molecule has 9 nitrogen and oxygen atoms in total. The zero-order chi connectivity index (χ0) is 21.1. The lowest BCUT2D eigenvalue weighted by Crippen LogP contribution is -2.45. The Labute approximate surface area is 163 Å². The molecule has 10 heteroatoms. The molecule has 2 aromatic carbocycles. The molecule has 0 saturated heterocycles. The summed E-state index contributed by atoms with van der Waals surface area (Å²) in [5, 5.41) is 13.5. The van der Waals surface area contributed by atoms with Crippen LogP contribution in [-0.4, -0.2) is 38.7 Å². The van der Waals surface area contributed by atoms with E-state index in [9.17, 15) is 23.3 Å². The van der Waals surface area contributed by atoms with Crippen LogP contribution in [0.25, 0.3) is 0 Å². The van der Waals surface area contributed by atoms with Crippen LogP contribution >= 0.6 is 0 Å². The summed E-state index contributed by atoms with van der Waals surface area (Å²) in [6.45, 7) is 3.12. The summed E-state index contributed by atoms with van der Waals surface area (Å²) in [7, 11) is -2.30. The van der Waals surface area contributed by atoms with E-state index in [1.54, 1.807) is 19.1 Å². The predicted molar refractivity (Wildman–Crippen MR) is 106 cm³/mol. The maximum Gasteiger partial charge on any atom is 0.271 e. The first-order valence-corrected chi connectivity index (χ1v) is 10.1. The van der Waals surface area contributed by atoms with Gasteiger partial charge in [-0.3, -0.25) is 19.2 Å². The van der Waals surface area contributed by atoms with Crippen LogP contribution in [0.3, 0.4) is 0 Å². The Morgan fingerprint density at radius 1 is 1.21 bits per heavy atom. The lowest BCUT2D eigenvalue weighted by Gasteiger charge is -2.28. The first-order chi connectivity index (χ1) is 13.0. The van der Waals surface area contributed by atoms with Gasteiger partial charge in [0.15, 0.2) is 0 Å². The summed E-state index contributed by atoms with van der Waals surface area (Å²) in [5.41, 5.74) is 0.973. The SMILES string of the molecule is COc1ccc(N([C@H](C)C(=O)Nc2cc([N+](=O)[O-])ccc2C)S(C)(=O)=O)cc1. The van der Waals surface area contributed by atoms with Crippen LogP contribution in [0.4, 0.5) is 17.1 Å². The van der Waals surface area contributed by atoms with Gasteiger partial charge in [-0.25, -0.2) is 8.42 Å². The quantitative estimate of drug-likeness (QED) is 0.557. The lowest BCUT2D eigenvalue weighted by atomic mass is 10.1. The smallest absolute Gasteiger partial charge is 0.271 e. The van der Waals surface area contributed by atoms with E-state index in [-0.39, 0.29) is 11.4 Å². The van der Waals surface area contributed by atoms with Crippen LogP contribution in [0.1, 0.15) is 12.5 Å². The molecule has 0 saturated carbocycles. The number of methoxy groups -OCH3 is 1. The molecule has 1 amide bonds. The first-order valence-electron chi connectivity index (χ1n) is 8.24. The van der Waals surface area contributed by atoms with Crippen molar-refractivity contribution < 1.29 is 22.9 Å². The highest BCUT2D eigenvalue weighted by Crippen LogP contribution is 2.26. The van der Waals surface area contributed by atoms with E-state index >= 15 is 0 Å². The Morgan fingerprint density at radius 3 is 2.32 bits per heavy atom. The van der Waals surface area contributed by atoms with Gasteiger partial charge in [0.05, 0.1) is 29.7 Å². The zero-order valence-electron chi connectivity index (χ0n) is 15.9. The summed E-state index contributed by atoms with van der Waals surface area (Å²) in [4.78, 5) is 23.1. The van der Waals surface area contributed by atoms with Crippen LogP contribution in [0.15, 0.2) is 42.5 Å². The van der Waals surface area contributed by atoms with Crippen molar-refractivity contribution in [2.45, 2.75) is 19.9 Å². The largest absolute Gasteiger partial charge is 0.497 e. The second-order valence-corrected chi connectivity index (χ2v) is 8.04. The highest BCUT2D eigenvalue weighted by molar-refractivity contribution is 7.92. The van der Waals surface area contributed by atoms with E-state index < -0.39 is 26.9 Å². The fourth-order valence-electron chi connectivity index (χ4n) is 2.63. The van der Waals surface area contributed by atoms with Crippen molar-refractivity contribution in [2.24, 2.45) is 0 Å². The number of rotatable bonds is 7. The molecule has 0 aromatic heterocycles. The highest BCUT2D eigenvalue weighted by atomic mass is 32.2. The summed E-state index contributed by atoms with van der Waals surface area (Å²) in [6, 6.07) is 9.21. The average molecular weight is 407 g/mol. The molecule has 0 unspecified atom stereocenters. The number of carbonyl (C=O) groups excluding carboxylic acids is 1. The maximum atomic E-state index is 12.7. The van der Waals surface area contributed by atoms with Crippen LogP contribution in [0.5, 0.6) is 5.75 Å². The summed E-state index contributed by atoms with van der Waals surface area (Å²) in [5.74, 6) is -0.0774. The van der Waals surface area contributed by atoms with Gasteiger partial charge in [-0.1, -0.05) is 6.07 Å². The number of anilines is 2. The molecule has 1 N–H and O–H groups in total. The molecule has 2 aromatic rings. The van der Waals surface area contributed by atoms with Crippen LogP contribution in [0.2, 0.25) is 0 Å². The fourth-order valence-corrected chi connectivity index (χ4v) is 3.81. The lowest BCUT2D eigenvalue weighted by molar-refractivity contribution is -0.384. The van der Waals surface area contributed by atoms with Crippen molar-refractivity contribution >= 4 is 33.0 Å². The third-order valence-corrected chi connectivity index (χ3v) is 5.35. The molecule has 0 aliphatic heterocycles. The number of sulfonamides is 1. The Bertz CT molecular complexity index is 989. The van der Waals surface area contributed by atoms with Gasteiger partial charge in [-0.15, -0.1) is 0 Å². The zero-order valence-corrected chi connectivity index (χ0v) is 16.7. The Hall–Kier alpha value is -3.14. The second kappa shape index (κ2) is 8.26. The molecule has 150 valence electrons. The molecule has 1 atom stereocenters. The molecule has 0 aliphatic rings. The number of nitrogens with one attached hydrogen (secondary N) is 1. The van der Waals surface area contributed by atoms with Crippen LogP contribution in [-0.2, 0) is 14.8 Å². The highest BCUT2D eigenvalue weighted by Gasteiger charge is 2.29. The molecule has 0 bridgehead atoms. The molecule has 28 heavy (non-hydrogen) atoms. The number of benzene rings is 2. The first kappa shape index (κ1) is 21.2. The minimum Gasteiger partial charge on any atom is -0.497 e. The minimum absolute atomic E-state index is 0.177. The summed E-state index contributed by atoms with van der Waals surface area (Å²) >= 11 is 0. The van der Waals surface area contributed by atoms with E-state index in [0.29, 0.717) is 17.0 Å². The third-order valence-electron chi connectivity index (χ3n) is 4.11. The minimum atomic E-state index is -3.78. The molecular weight excluding hydrogens is 386 g/mol. The number of nitro benzene ring substituents is 1. The number of non-ortho nitro benzene ring substituents is 1. The Balaban J connectivity index is 2.34. The van der Waals surface area contributed by atoms with E-state index in [4.69, 9.17) is 4.74 Å². The van der Waals surface area contributed by atoms with Gasteiger partial charge in [-0.2, -0.15) is 0 Å². The average Bonchev–Trinajstić information content (AvgIpc) is 2.62. The molecular formula is C18H21N3O6S. The van der Waals surface area contributed by atoms with Crippen molar-refractivity contribution in [3.63, 3.8) is 0 Å². The molecule has 2 rings (SSSR count). The van der Waals surface area contributed by atoms with Crippen LogP contribution < -0.4 is 14.4 Å². The van der Waals surface area contributed by atoms with Crippen molar-refractivity contribution in [2.75, 3.05) is 23.0 Å². The van der Waals surface area contributed by atoms with E-state index in [2.05, 4.69) is 5.32 Å². The number of hydrogen-bond donors (Lipinski definition) is 1. The van der Waals surface area contributed by atoms with Gasteiger partial charge in [0.25, 0.3) is 5.69 Å². The van der Waals surface area contributed by atoms with Crippen molar-refractivity contribution in [3.8, 4) is 5.75 Å². The molecule has 0 heterocycles. The van der Waals surface area contributed by atoms with Crippen molar-refractivity contribution in [1.82, 2.24) is 0 Å². The monoisotopic (exact) mass is 407 g/mol. The summed E-state index contributed by atoms with van der Waals surface area (Å²) in [6.07, 6.45) is 1.000. The normalized spacial score (nSPS) is 12.1. The van der Waals surface area contributed by atoms with E-state index in [1.807, 2.05) is 0 Å². The maximum absolute atomic E-state index is 12.7. The topological polar surface area (TPSA) is 119 Å². The fraction of sp³-hybridized carbons (Fsp3) is 0.278. The van der Waals surface area contributed by atoms with E-state index in [0.717, 1.165) is 10.6 Å². The number of ether oxygens (including phenoxy) is 1. The molecule has 0 spiro atoms. The number of nitrogens with zero attached hydrogens (tertiary/aromatic N) is 2. The van der Waals surface area contributed by atoms with Crippen molar-refractivity contribution in [3.05, 3.63) is 58.1 Å². The number of aryl methyl sites for hydroxylation is 1. The third kappa shape index (κ3) is 4.77. The van der Waals surface area contributed by atoms with Gasteiger partial charge in [-0.05, 0) is 43.7 Å². The van der Waals surface area contributed by atoms with Gasteiger partial charge in [0.1, 0.15) is 11.8 Å². The molecule has 0 fully saturated rings. The summed E-state index contributed by atoms with van der Waals surface area (Å²) < 4.78 is 30.7. The Morgan fingerprint density at radius 2 is 1.82 bits per heavy atom. The number of nitro groups is 1. The number of hydrogen-bond acceptors (Lipinski definition) is 6. The van der Waals surface area contributed by atoms with Gasteiger partial charge < -0.3 is 10.1 Å². The number of carbonyl (C=O) groups is 1. The van der Waals surface area contributed by atoms with Gasteiger partial charge in [0.2, 0.25) is 15.9 Å². The Kier molecular flexibility index (Phi) is 6.24. The van der Waals surface area contributed by atoms with E-state index in [1.165, 1.54) is 44.4 Å². The van der Waals surface area contributed by atoms with Crippen LogP contribution in [0, 0.1) is 17.0 Å². The standard InChI is InChI=1S/C18H21N3O6S/c1-12-5-6-15(21(23)24)11-17(12)19-18(22)13(2)20(28(4,25)26)14-7-9-16(27-3)10-8-14/h5-11,13H,1-4H3,(H,19,22)/t13-/m1/s1. The second-order valence-electron chi connectivity index (χ2n) is 6.18. The molecule has 0 radical (unpaired) electrons. The number of amides is 1.